The molecule has 0 spiro atoms. The van der Waals surface area contributed by atoms with Gasteiger partial charge in [0.15, 0.2) is 5.75 Å². The lowest BCUT2D eigenvalue weighted by atomic mass is 10.2. The van der Waals surface area contributed by atoms with Crippen molar-refractivity contribution in [3.05, 3.63) is 42.2 Å². The van der Waals surface area contributed by atoms with Gasteiger partial charge in [0.25, 0.3) is 0 Å². The van der Waals surface area contributed by atoms with Crippen LogP contribution in [0.25, 0.3) is 16.9 Å². The second-order valence-electron chi connectivity index (χ2n) is 6.49. The van der Waals surface area contributed by atoms with Crippen LogP contribution in [0.1, 0.15) is 25.1 Å². The highest BCUT2D eigenvalue weighted by atomic mass is 16.5. The molecular weight excluding hydrogens is 360 g/mol. The summed E-state index contributed by atoms with van der Waals surface area (Å²) in [5.74, 6) is 0.917. The van der Waals surface area contributed by atoms with Crippen molar-refractivity contribution in [3.63, 3.8) is 0 Å². The molecule has 0 radical (unpaired) electrons. The van der Waals surface area contributed by atoms with Crippen LogP contribution in [0.5, 0.6) is 5.75 Å². The second-order valence-corrected chi connectivity index (χ2v) is 6.49. The Hall–Kier alpha value is -3.53. The topological polar surface area (TPSA) is 126 Å². The van der Waals surface area contributed by atoms with Crippen molar-refractivity contribution < 1.29 is 9.84 Å². The van der Waals surface area contributed by atoms with E-state index in [2.05, 4.69) is 35.6 Å². The molecule has 0 atom stereocenters. The third kappa shape index (κ3) is 3.25. The lowest BCUT2D eigenvalue weighted by Crippen LogP contribution is -2.09. The lowest BCUT2D eigenvalue weighted by Gasteiger charge is -2.12. The SMILES string of the molecule is Cc1c(Nc2nc3c(OC(C)C)c(-c4cn[nH]c4)ncn3n2)ccnc1CO. The number of anilines is 2. The number of H-pyrrole nitrogens is 1. The van der Waals surface area contributed by atoms with E-state index in [1.54, 1.807) is 35.5 Å². The Labute approximate surface area is 160 Å². The van der Waals surface area contributed by atoms with E-state index in [0.29, 0.717) is 28.7 Å². The molecule has 144 valence electrons. The number of rotatable bonds is 6. The van der Waals surface area contributed by atoms with Gasteiger partial charge in [-0.15, -0.1) is 5.10 Å². The van der Waals surface area contributed by atoms with Gasteiger partial charge in [-0.05, 0) is 32.4 Å². The fourth-order valence-electron chi connectivity index (χ4n) is 2.81. The summed E-state index contributed by atoms with van der Waals surface area (Å²) < 4.78 is 7.57. The number of fused-ring (bicyclic) bond motifs is 1. The number of aromatic amines is 1. The third-order valence-corrected chi connectivity index (χ3v) is 4.18. The van der Waals surface area contributed by atoms with Gasteiger partial charge in [0.2, 0.25) is 11.6 Å². The summed E-state index contributed by atoms with van der Waals surface area (Å²) in [5.41, 5.74) is 4.17. The van der Waals surface area contributed by atoms with Gasteiger partial charge in [0.1, 0.15) is 12.0 Å². The number of aliphatic hydroxyl groups is 1. The first-order chi connectivity index (χ1) is 13.6. The van der Waals surface area contributed by atoms with Crippen LogP contribution in [0, 0.1) is 6.92 Å². The van der Waals surface area contributed by atoms with Crippen LogP contribution < -0.4 is 10.1 Å². The molecule has 4 aromatic rings. The van der Waals surface area contributed by atoms with Crippen molar-refractivity contribution in [3.8, 4) is 17.0 Å². The molecule has 28 heavy (non-hydrogen) atoms. The first kappa shape index (κ1) is 17.9. The molecule has 10 heteroatoms. The molecule has 0 unspecified atom stereocenters. The highest BCUT2D eigenvalue weighted by Gasteiger charge is 2.19. The van der Waals surface area contributed by atoms with Gasteiger partial charge in [0.05, 0.1) is 24.6 Å². The predicted molar refractivity (Wildman–Crippen MR) is 102 cm³/mol. The fraction of sp³-hybridized carbons (Fsp3) is 0.278. The number of pyridine rings is 1. The van der Waals surface area contributed by atoms with Crippen LogP contribution in [0.15, 0.2) is 31.0 Å². The minimum absolute atomic E-state index is 0.0682. The van der Waals surface area contributed by atoms with E-state index < -0.39 is 0 Å². The number of nitrogens with one attached hydrogen (secondary N) is 2. The first-order valence-corrected chi connectivity index (χ1v) is 8.80. The zero-order valence-electron chi connectivity index (χ0n) is 15.7. The van der Waals surface area contributed by atoms with Crippen LogP contribution in [0.4, 0.5) is 11.6 Å². The zero-order valence-corrected chi connectivity index (χ0v) is 15.7. The van der Waals surface area contributed by atoms with E-state index >= 15 is 0 Å². The molecule has 0 saturated carbocycles. The maximum Gasteiger partial charge on any atom is 0.247 e. The van der Waals surface area contributed by atoms with Crippen LogP contribution >= 0.6 is 0 Å². The molecule has 0 fully saturated rings. The highest BCUT2D eigenvalue weighted by molar-refractivity contribution is 5.74. The quantitative estimate of drug-likeness (QED) is 0.465. The maximum absolute atomic E-state index is 9.41. The van der Waals surface area contributed by atoms with E-state index in [1.807, 2.05) is 20.8 Å². The Morgan fingerprint density at radius 3 is 2.89 bits per heavy atom. The number of aromatic nitrogens is 7. The molecule has 0 saturated heterocycles. The second kappa shape index (κ2) is 7.24. The molecule has 0 amide bonds. The Morgan fingerprint density at radius 1 is 1.32 bits per heavy atom. The number of ether oxygens (including phenoxy) is 1. The van der Waals surface area contributed by atoms with E-state index in [1.165, 1.54) is 0 Å². The molecule has 10 nitrogen and oxygen atoms in total. The van der Waals surface area contributed by atoms with Gasteiger partial charge in [-0.1, -0.05) is 0 Å². The summed E-state index contributed by atoms with van der Waals surface area (Å²) in [5, 5.41) is 23.8. The number of hydrogen-bond acceptors (Lipinski definition) is 8. The van der Waals surface area contributed by atoms with Crippen molar-refractivity contribution in [1.29, 1.82) is 0 Å². The van der Waals surface area contributed by atoms with E-state index in [-0.39, 0.29) is 12.7 Å². The molecule has 4 heterocycles. The molecule has 0 aliphatic rings. The van der Waals surface area contributed by atoms with Crippen molar-refractivity contribution in [2.45, 2.75) is 33.5 Å². The van der Waals surface area contributed by atoms with E-state index in [0.717, 1.165) is 16.8 Å². The molecule has 4 rings (SSSR count). The smallest absolute Gasteiger partial charge is 0.247 e. The number of nitrogens with zero attached hydrogens (tertiary/aromatic N) is 6. The predicted octanol–water partition coefficient (Wildman–Crippen LogP) is 2.24. The largest absolute Gasteiger partial charge is 0.485 e. The summed E-state index contributed by atoms with van der Waals surface area (Å²) in [6.45, 7) is 5.62. The summed E-state index contributed by atoms with van der Waals surface area (Å²) in [4.78, 5) is 13.2. The molecule has 0 aromatic carbocycles. The minimum atomic E-state index is -0.135. The average molecular weight is 380 g/mol. The molecular formula is C18H20N8O2. The normalized spacial score (nSPS) is 11.3. The number of hydrogen-bond donors (Lipinski definition) is 3. The van der Waals surface area contributed by atoms with E-state index in [4.69, 9.17) is 4.74 Å². The standard InChI is InChI=1S/C18H20N8O2/c1-10(2)28-16-15(12-6-21-22-7-12)20-9-26-17(16)24-18(25-26)23-13-4-5-19-14(8-27)11(13)3/h4-7,9-10,27H,8H2,1-3H3,(H,21,22)(H,19,23,25). The zero-order chi connectivity index (χ0) is 19.7. The van der Waals surface area contributed by atoms with Crippen molar-refractivity contribution in [2.24, 2.45) is 0 Å². The number of aliphatic hydroxyl groups excluding tert-OH is 1. The summed E-state index contributed by atoms with van der Waals surface area (Å²) >= 11 is 0. The van der Waals surface area contributed by atoms with Crippen LogP contribution in [-0.2, 0) is 6.61 Å². The van der Waals surface area contributed by atoms with Gasteiger partial charge < -0.3 is 15.2 Å². The van der Waals surface area contributed by atoms with Crippen molar-refractivity contribution in [1.82, 2.24) is 34.8 Å². The average Bonchev–Trinajstić information content (AvgIpc) is 3.33. The molecule has 0 bridgehead atoms. The van der Waals surface area contributed by atoms with Crippen LogP contribution in [0.3, 0.4) is 0 Å². The molecule has 0 aliphatic heterocycles. The third-order valence-electron chi connectivity index (χ3n) is 4.18. The van der Waals surface area contributed by atoms with Crippen LogP contribution in [-0.4, -0.2) is 46.0 Å². The Morgan fingerprint density at radius 2 is 2.18 bits per heavy atom. The Balaban J connectivity index is 1.78. The van der Waals surface area contributed by atoms with Gasteiger partial charge in [0, 0.05) is 23.6 Å². The first-order valence-electron chi connectivity index (χ1n) is 8.80. The Bertz CT molecular complexity index is 1100. The highest BCUT2D eigenvalue weighted by Crippen LogP contribution is 2.32. The van der Waals surface area contributed by atoms with Gasteiger partial charge in [-0.25, -0.2) is 4.98 Å². The molecule has 4 aromatic heterocycles. The Kier molecular flexibility index (Phi) is 4.62. The summed E-state index contributed by atoms with van der Waals surface area (Å²) in [6, 6.07) is 1.81. The minimum Gasteiger partial charge on any atom is -0.485 e. The van der Waals surface area contributed by atoms with Crippen LogP contribution in [0.2, 0.25) is 0 Å². The summed E-state index contributed by atoms with van der Waals surface area (Å²) in [6.07, 6.45) is 6.57. The van der Waals surface area contributed by atoms with Gasteiger partial charge in [-0.2, -0.15) is 14.6 Å². The van der Waals surface area contributed by atoms with Crippen molar-refractivity contribution in [2.75, 3.05) is 5.32 Å². The van der Waals surface area contributed by atoms with E-state index in [9.17, 15) is 5.11 Å². The summed E-state index contributed by atoms with van der Waals surface area (Å²) in [7, 11) is 0. The molecule has 0 aliphatic carbocycles. The maximum atomic E-state index is 9.41. The van der Waals surface area contributed by atoms with Gasteiger partial charge >= 0.3 is 0 Å². The van der Waals surface area contributed by atoms with Gasteiger partial charge in [-0.3, -0.25) is 10.1 Å². The molecule has 3 N–H and O–H groups in total. The lowest BCUT2D eigenvalue weighted by molar-refractivity contribution is 0.244. The van der Waals surface area contributed by atoms with Crippen molar-refractivity contribution >= 4 is 17.3 Å². The monoisotopic (exact) mass is 380 g/mol. The fourth-order valence-corrected chi connectivity index (χ4v) is 2.81.